The lowest BCUT2D eigenvalue weighted by Crippen LogP contribution is -2.26. The zero-order valence-corrected chi connectivity index (χ0v) is 8.20. The number of carbonyl (C=O) groups is 1. The van der Waals surface area contributed by atoms with Gasteiger partial charge in [-0.25, -0.2) is 0 Å². The smallest absolute Gasteiger partial charge is 0.308 e. The van der Waals surface area contributed by atoms with Crippen LogP contribution in [0.2, 0.25) is 0 Å². The summed E-state index contributed by atoms with van der Waals surface area (Å²) >= 11 is 0. The molecule has 0 aliphatic carbocycles. The van der Waals surface area contributed by atoms with Crippen LogP contribution in [0, 0.1) is 11.8 Å². The topological polar surface area (TPSA) is 46.5 Å². The van der Waals surface area contributed by atoms with Gasteiger partial charge in [-0.05, 0) is 19.8 Å². The van der Waals surface area contributed by atoms with Crippen LogP contribution in [0.3, 0.4) is 0 Å². The lowest BCUT2D eigenvalue weighted by Gasteiger charge is -2.17. The average Bonchev–Trinajstić information content (AvgIpc) is 1.98. The van der Waals surface area contributed by atoms with Gasteiger partial charge in [0.25, 0.3) is 0 Å². The van der Waals surface area contributed by atoms with E-state index in [1.165, 1.54) is 0 Å². The van der Waals surface area contributed by atoms with Crippen LogP contribution >= 0.6 is 0 Å². The van der Waals surface area contributed by atoms with Gasteiger partial charge in [0.05, 0.1) is 12.0 Å². The van der Waals surface area contributed by atoms with E-state index in [0.717, 1.165) is 0 Å². The summed E-state index contributed by atoms with van der Waals surface area (Å²) in [4.78, 5) is 10.5. The fourth-order valence-electron chi connectivity index (χ4n) is 0.689. The Kier molecular flexibility index (Phi) is 4.90. The van der Waals surface area contributed by atoms with Gasteiger partial charge < -0.3 is 9.84 Å². The van der Waals surface area contributed by atoms with Crippen molar-refractivity contribution in [1.29, 1.82) is 0 Å². The molecule has 0 radical (unpaired) electrons. The second kappa shape index (κ2) is 5.14. The summed E-state index contributed by atoms with van der Waals surface area (Å²) in [6, 6.07) is 0. The standard InChI is InChI=1S/C9H18O3/c1-6(2)5-12-8(4)7(3)9(10)11/h6-8H,5H2,1-4H3,(H,10,11). The Balaban J connectivity index is 3.71. The van der Waals surface area contributed by atoms with Gasteiger partial charge in [0.2, 0.25) is 0 Å². The van der Waals surface area contributed by atoms with Crippen LogP contribution in [0.4, 0.5) is 0 Å². The van der Waals surface area contributed by atoms with Gasteiger partial charge in [-0.15, -0.1) is 0 Å². The molecule has 0 aromatic rings. The molecule has 2 atom stereocenters. The van der Waals surface area contributed by atoms with Gasteiger partial charge in [-0.3, -0.25) is 4.79 Å². The molecule has 72 valence electrons. The number of aliphatic carboxylic acids is 1. The van der Waals surface area contributed by atoms with Crippen LogP contribution in [0.15, 0.2) is 0 Å². The van der Waals surface area contributed by atoms with E-state index in [0.29, 0.717) is 12.5 Å². The highest BCUT2D eigenvalue weighted by atomic mass is 16.5. The summed E-state index contributed by atoms with van der Waals surface area (Å²) in [6.45, 7) is 8.16. The molecule has 0 saturated heterocycles. The van der Waals surface area contributed by atoms with Crippen LogP contribution in [0.1, 0.15) is 27.7 Å². The summed E-state index contributed by atoms with van der Waals surface area (Å²) < 4.78 is 5.35. The summed E-state index contributed by atoms with van der Waals surface area (Å²) in [5, 5.41) is 8.64. The first-order valence-corrected chi connectivity index (χ1v) is 4.29. The Morgan fingerprint density at radius 1 is 1.33 bits per heavy atom. The van der Waals surface area contributed by atoms with Crippen LogP contribution in [0.5, 0.6) is 0 Å². The quantitative estimate of drug-likeness (QED) is 0.691. The molecule has 0 saturated carbocycles. The van der Waals surface area contributed by atoms with E-state index in [1.54, 1.807) is 13.8 Å². The normalized spacial score (nSPS) is 16.1. The van der Waals surface area contributed by atoms with Crippen molar-refractivity contribution in [3.05, 3.63) is 0 Å². The first-order chi connectivity index (χ1) is 5.45. The molecule has 1 N–H and O–H groups in total. The maximum absolute atomic E-state index is 10.5. The first-order valence-electron chi connectivity index (χ1n) is 4.29. The highest BCUT2D eigenvalue weighted by Crippen LogP contribution is 2.08. The SMILES string of the molecule is CC(C)COC(C)C(C)C(=O)O. The first kappa shape index (κ1) is 11.4. The van der Waals surface area contributed by atoms with Crippen molar-refractivity contribution in [2.75, 3.05) is 6.61 Å². The molecule has 0 amide bonds. The minimum atomic E-state index is -0.800. The van der Waals surface area contributed by atoms with Crippen molar-refractivity contribution in [3.8, 4) is 0 Å². The number of ether oxygens (including phenoxy) is 1. The van der Waals surface area contributed by atoms with Gasteiger partial charge in [0, 0.05) is 6.61 Å². The predicted octanol–water partition coefficient (Wildman–Crippen LogP) is 1.77. The molecule has 12 heavy (non-hydrogen) atoms. The van der Waals surface area contributed by atoms with Crippen molar-refractivity contribution in [3.63, 3.8) is 0 Å². The Hall–Kier alpha value is -0.570. The maximum atomic E-state index is 10.5. The largest absolute Gasteiger partial charge is 0.481 e. The number of carboxylic acid groups (broad SMARTS) is 1. The van der Waals surface area contributed by atoms with Crippen molar-refractivity contribution in [2.24, 2.45) is 11.8 Å². The fourth-order valence-corrected chi connectivity index (χ4v) is 0.689. The van der Waals surface area contributed by atoms with E-state index in [9.17, 15) is 4.79 Å². The molecule has 0 fully saturated rings. The maximum Gasteiger partial charge on any atom is 0.308 e. The summed E-state index contributed by atoms with van der Waals surface area (Å²) in [7, 11) is 0. The van der Waals surface area contributed by atoms with Gasteiger partial charge in [0.1, 0.15) is 0 Å². The predicted molar refractivity (Wildman–Crippen MR) is 47.1 cm³/mol. The van der Waals surface area contributed by atoms with E-state index in [1.807, 2.05) is 13.8 Å². The summed E-state index contributed by atoms with van der Waals surface area (Å²) in [6.07, 6.45) is -0.204. The molecule has 0 aliphatic heterocycles. The highest BCUT2D eigenvalue weighted by molar-refractivity contribution is 5.70. The molecule has 0 aliphatic rings. The van der Waals surface area contributed by atoms with Crippen molar-refractivity contribution in [2.45, 2.75) is 33.8 Å². The molecule has 0 bridgehead atoms. The molecule has 0 heterocycles. The number of rotatable bonds is 5. The molecule has 2 unspecified atom stereocenters. The van der Waals surface area contributed by atoms with E-state index >= 15 is 0 Å². The van der Waals surface area contributed by atoms with E-state index in [-0.39, 0.29) is 6.10 Å². The van der Waals surface area contributed by atoms with Crippen LogP contribution < -0.4 is 0 Å². The third kappa shape index (κ3) is 4.34. The Morgan fingerprint density at radius 2 is 1.83 bits per heavy atom. The second-order valence-electron chi connectivity index (χ2n) is 3.56. The van der Waals surface area contributed by atoms with Crippen molar-refractivity contribution >= 4 is 5.97 Å². The summed E-state index contributed by atoms with van der Waals surface area (Å²) in [5.74, 6) is -0.775. The fraction of sp³-hybridized carbons (Fsp3) is 0.889. The number of hydrogen-bond acceptors (Lipinski definition) is 2. The highest BCUT2D eigenvalue weighted by Gasteiger charge is 2.19. The monoisotopic (exact) mass is 174 g/mol. The van der Waals surface area contributed by atoms with E-state index in [4.69, 9.17) is 9.84 Å². The van der Waals surface area contributed by atoms with Crippen LogP contribution in [-0.2, 0) is 9.53 Å². The lowest BCUT2D eigenvalue weighted by atomic mass is 10.1. The molecule has 0 aromatic carbocycles. The Morgan fingerprint density at radius 3 is 2.17 bits per heavy atom. The third-order valence-electron chi connectivity index (χ3n) is 1.79. The minimum absolute atomic E-state index is 0.204. The molecule has 3 nitrogen and oxygen atoms in total. The molecule has 3 heteroatoms. The molecule has 0 spiro atoms. The molecular weight excluding hydrogens is 156 g/mol. The lowest BCUT2D eigenvalue weighted by molar-refractivity contribution is -0.146. The van der Waals surface area contributed by atoms with Crippen molar-refractivity contribution < 1.29 is 14.6 Å². The van der Waals surface area contributed by atoms with Crippen LogP contribution in [-0.4, -0.2) is 23.8 Å². The second-order valence-corrected chi connectivity index (χ2v) is 3.56. The zero-order valence-electron chi connectivity index (χ0n) is 8.20. The van der Waals surface area contributed by atoms with Gasteiger partial charge in [0.15, 0.2) is 0 Å². The molecule has 0 rings (SSSR count). The molecule has 0 aromatic heterocycles. The number of carboxylic acids is 1. The minimum Gasteiger partial charge on any atom is -0.481 e. The van der Waals surface area contributed by atoms with Crippen LogP contribution in [0.25, 0.3) is 0 Å². The molecular formula is C9H18O3. The van der Waals surface area contributed by atoms with Gasteiger partial charge in [-0.2, -0.15) is 0 Å². The van der Waals surface area contributed by atoms with Gasteiger partial charge in [-0.1, -0.05) is 13.8 Å². The third-order valence-corrected chi connectivity index (χ3v) is 1.79. The van der Waals surface area contributed by atoms with E-state index in [2.05, 4.69) is 0 Å². The van der Waals surface area contributed by atoms with E-state index < -0.39 is 11.9 Å². The average molecular weight is 174 g/mol. The Bertz CT molecular complexity index is 143. The summed E-state index contributed by atoms with van der Waals surface area (Å²) in [5.41, 5.74) is 0. The zero-order chi connectivity index (χ0) is 9.72. The van der Waals surface area contributed by atoms with Crippen molar-refractivity contribution in [1.82, 2.24) is 0 Å². The Labute approximate surface area is 73.7 Å². The van der Waals surface area contributed by atoms with Gasteiger partial charge >= 0.3 is 5.97 Å². The number of hydrogen-bond donors (Lipinski definition) is 1.